The van der Waals surface area contributed by atoms with Gasteiger partial charge in [-0.2, -0.15) is 0 Å². The number of piperazine rings is 1. The summed E-state index contributed by atoms with van der Waals surface area (Å²) in [4.78, 5) is 35.5. The molecule has 2 aromatic rings. The molecule has 3 heterocycles. The zero-order valence-corrected chi connectivity index (χ0v) is 19.5. The minimum Gasteiger partial charge on any atom is -0.444 e. The first-order valence-corrected chi connectivity index (χ1v) is 11.6. The third-order valence-electron chi connectivity index (χ3n) is 5.57. The first kappa shape index (κ1) is 21.8. The van der Waals surface area contributed by atoms with Gasteiger partial charge in [-0.3, -0.25) is 9.69 Å². The van der Waals surface area contributed by atoms with E-state index in [9.17, 15) is 9.59 Å². The number of rotatable bonds is 3. The maximum atomic E-state index is 13.0. The minimum absolute atomic E-state index is 0.113. The lowest BCUT2D eigenvalue weighted by Gasteiger charge is -2.35. The Bertz CT molecular complexity index is 973. The van der Waals surface area contributed by atoms with Gasteiger partial charge in [-0.15, -0.1) is 11.3 Å². The van der Waals surface area contributed by atoms with E-state index in [1.165, 1.54) is 5.56 Å². The number of carbonyl (C=O) groups excluding carboxylic acids is 2. The Labute approximate surface area is 187 Å². The van der Waals surface area contributed by atoms with Crippen LogP contribution in [0.4, 0.5) is 10.5 Å². The number of ether oxygens (including phenoxy) is 1. The number of nitrogens with zero attached hydrogens (tertiary/aromatic N) is 4. The summed E-state index contributed by atoms with van der Waals surface area (Å²) in [5, 5.41) is 3.13. The highest BCUT2D eigenvalue weighted by Gasteiger charge is 2.29. The topological polar surface area (TPSA) is 66.0 Å². The molecule has 1 saturated heterocycles. The minimum atomic E-state index is -0.495. The van der Waals surface area contributed by atoms with Gasteiger partial charge < -0.3 is 14.5 Å². The summed E-state index contributed by atoms with van der Waals surface area (Å²) in [7, 11) is 0. The lowest BCUT2D eigenvalue weighted by molar-refractivity contribution is -0.120. The van der Waals surface area contributed by atoms with Crippen LogP contribution < -0.4 is 4.90 Å². The summed E-state index contributed by atoms with van der Waals surface area (Å²) < 4.78 is 5.45. The molecule has 0 atom stereocenters. The fraction of sp³-hybridized carbons (Fsp3) is 0.522. The molecule has 0 saturated carbocycles. The highest BCUT2D eigenvalue weighted by molar-refractivity contribution is 7.09. The number of benzene rings is 1. The van der Waals surface area contributed by atoms with Crippen LogP contribution in [-0.2, 0) is 16.0 Å². The molecule has 2 aliphatic rings. The molecule has 0 spiro atoms. The highest BCUT2D eigenvalue weighted by Crippen LogP contribution is 2.33. The van der Waals surface area contributed by atoms with Crippen LogP contribution in [-0.4, -0.2) is 71.7 Å². The molecular formula is C23H30N4O3S. The Morgan fingerprint density at radius 1 is 1.13 bits per heavy atom. The second-order valence-electron chi connectivity index (χ2n) is 9.13. The number of carbonyl (C=O) groups is 2. The van der Waals surface area contributed by atoms with Gasteiger partial charge in [-0.25, -0.2) is 9.78 Å². The maximum Gasteiger partial charge on any atom is 0.410 e. The first-order valence-electron chi connectivity index (χ1n) is 10.8. The molecule has 0 radical (unpaired) electrons. The van der Waals surface area contributed by atoms with E-state index in [4.69, 9.17) is 4.74 Å². The van der Waals surface area contributed by atoms with Crippen LogP contribution in [0, 0.1) is 6.92 Å². The van der Waals surface area contributed by atoms with E-state index in [1.807, 2.05) is 38.7 Å². The molecular weight excluding hydrogens is 412 g/mol. The van der Waals surface area contributed by atoms with Crippen LogP contribution in [0.15, 0.2) is 23.6 Å². The SMILES string of the molecule is Cc1nc(-c2ccc3c(c2)CCN3C(=O)CN2CCN(C(=O)OC(C)(C)C)CC2)cs1. The largest absolute Gasteiger partial charge is 0.444 e. The van der Waals surface area contributed by atoms with Crippen molar-refractivity contribution in [1.82, 2.24) is 14.8 Å². The number of fused-ring (bicyclic) bond motifs is 1. The molecule has 31 heavy (non-hydrogen) atoms. The average Bonchev–Trinajstić information content (AvgIpc) is 3.33. The molecule has 2 aliphatic heterocycles. The summed E-state index contributed by atoms with van der Waals surface area (Å²) >= 11 is 1.65. The number of amides is 2. The molecule has 0 N–H and O–H groups in total. The van der Waals surface area contributed by atoms with E-state index in [-0.39, 0.29) is 12.0 Å². The van der Waals surface area contributed by atoms with Gasteiger partial charge in [-0.1, -0.05) is 6.07 Å². The number of aryl methyl sites for hydroxylation is 1. The first-order chi connectivity index (χ1) is 14.7. The Morgan fingerprint density at radius 2 is 1.87 bits per heavy atom. The van der Waals surface area contributed by atoms with Crippen molar-refractivity contribution < 1.29 is 14.3 Å². The predicted octanol–water partition coefficient (Wildman–Crippen LogP) is 3.56. The quantitative estimate of drug-likeness (QED) is 0.727. The molecule has 4 rings (SSSR count). The molecule has 0 aliphatic carbocycles. The van der Waals surface area contributed by atoms with E-state index in [0.717, 1.165) is 28.4 Å². The molecule has 0 unspecified atom stereocenters. The lowest BCUT2D eigenvalue weighted by Crippen LogP contribution is -2.52. The van der Waals surface area contributed by atoms with Gasteiger partial charge in [-0.05, 0) is 51.8 Å². The van der Waals surface area contributed by atoms with Crippen LogP contribution in [0.5, 0.6) is 0 Å². The van der Waals surface area contributed by atoms with Crippen molar-refractivity contribution >= 4 is 29.0 Å². The third kappa shape index (κ3) is 5.07. The third-order valence-corrected chi connectivity index (χ3v) is 6.35. The van der Waals surface area contributed by atoms with Crippen molar-refractivity contribution in [2.24, 2.45) is 0 Å². The van der Waals surface area contributed by atoms with E-state index in [2.05, 4.69) is 27.4 Å². The van der Waals surface area contributed by atoms with E-state index >= 15 is 0 Å². The standard InChI is InChI=1S/C23H30N4O3S/c1-16-24-19(15-31-16)17-5-6-20-18(13-17)7-8-27(20)21(28)14-25-9-11-26(12-10-25)22(29)30-23(2,3)4/h5-6,13,15H,7-12,14H2,1-4H3. The van der Waals surface area contributed by atoms with E-state index < -0.39 is 5.60 Å². The second-order valence-corrected chi connectivity index (χ2v) is 10.2. The van der Waals surface area contributed by atoms with E-state index in [0.29, 0.717) is 39.3 Å². The van der Waals surface area contributed by atoms with Crippen molar-refractivity contribution in [2.45, 2.75) is 39.7 Å². The van der Waals surface area contributed by atoms with Crippen LogP contribution in [0.2, 0.25) is 0 Å². The van der Waals surface area contributed by atoms with Crippen LogP contribution >= 0.6 is 11.3 Å². The Balaban J connectivity index is 1.33. The Morgan fingerprint density at radius 3 is 2.52 bits per heavy atom. The fourth-order valence-corrected chi connectivity index (χ4v) is 4.63. The van der Waals surface area contributed by atoms with Gasteiger partial charge in [0.05, 0.1) is 17.2 Å². The van der Waals surface area contributed by atoms with Gasteiger partial charge in [0.15, 0.2) is 0 Å². The van der Waals surface area contributed by atoms with Crippen molar-refractivity contribution in [3.63, 3.8) is 0 Å². The number of anilines is 1. The molecule has 1 aromatic heterocycles. The zero-order valence-electron chi connectivity index (χ0n) is 18.7. The molecule has 8 heteroatoms. The second kappa shape index (κ2) is 8.59. The molecule has 1 aromatic carbocycles. The zero-order chi connectivity index (χ0) is 22.2. The highest BCUT2D eigenvalue weighted by atomic mass is 32.1. The van der Waals surface area contributed by atoms with Crippen molar-refractivity contribution in [2.75, 3.05) is 44.2 Å². The summed E-state index contributed by atoms with van der Waals surface area (Å²) in [6, 6.07) is 6.26. The molecule has 1 fully saturated rings. The van der Waals surface area contributed by atoms with Crippen LogP contribution in [0.1, 0.15) is 31.3 Å². The monoisotopic (exact) mass is 442 g/mol. The van der Waals surface area contributed by atoms with Crippen LogP contribution in [0.3, 0.4) is 0 Å². The summed E-state index contributed by atoms with van der Waals surface area (Å²) in [5.41, 5.74) is 3.82. The van der Waals surface area contributed by atoms with Gasteiger partial charge in [0.25, 0.3) is 0 Å². The molecule has 7 nitrogen and oxygen atoms in total. The number of aromatic nitrogens is 1. The Hall–Kier alpha value is -2.45. The van der Waals surface area contributed by atoms with E-state index in [1.54, 1.807) is 16.2 Å². The Kier molecular flexibility index (Phi) is 6.03. The summed E-state index contributed by atoms with van der Waals surface area (Å²) in [6.45, 7) is 11.2. The summed E-state index contributed by atoms with van der Waals surface area (Å²) in [6.07, 6.45) is 0.586. The van der Waals surface area contributed by atoms with Gasteiger partial charge in [0.1, 0.15) is 5.60 Å². The van der Waals surface area contributed by atoms with Crippen molar-refractivity contribution in [3.8, 4) is 11.3 Å². The smallest absolute Gasteiger partial charge is 0.410 e. The molecule has 166 valence electrons. The number of thiazole rings is 1. The molecule has 2 amide bonds. The normalized spacial score (nSPS) is 17.0. The average molecular weight is 443 g/mol. The van der Waals surface area contributed by atoms with Gasteiger partial charge in [0.2, 0.25) is 5.91 Å². The number of hydrogen-bond donors (Lipinski definition) is 0. The lowest BCUT2D eigenvalue weighted by atomic mass is 10.1. The van der Waals surface area contributed by atoms with Gasteiger partial charge in [0, 0.05) is 49.4 Å². The number of hydrogen-bond acceptors (Lipinski definition) is 6. The maximum absolute atomic E-state index is 13.0. The molecule has 0 bridgehead atoms. The van der Waals surface area contributed by atoms with Crippen molar-refractivity contribution in [1.29, 1.82) is 0 Å². The van der Waals surface area contributed by atoms with Gasteiger partial charge >= 0.3 is 6.09 Å². The predicted molar refractivity (Wildman–Crippen MR) is 123 cm³/mol. The van der Waals surface area contributed by atoms with Crippen molar-refractivity contribution in [3.05, 3.63) is 34.2 Å². The summed E-state index contributed by atoms with van der Waals surface area (Å²) in [5.74, 6) is 0.113. The fourth-order valence-electron chi connectivity index (χ4n) is 4.01. The van der Waals surface area contributed by atoms with Crippen LogP contribution in [0.25, 0.3) is 11.3 Å².